The average Bonchev–Trinajstić information content (AvgIpc) is 2.48. The molecule has 2 aromatic rings. The van der Waals surface area contributed by atoms with Gasteiger partial charge in [0, 0.05) is 30.0 Å². The first-order valence-electron chi connectivity index (χ1n) is 7.05. The summed E-state index contributed by atoms with van der Waals surface area (Å²) in [6.07, 6.45) is 4.23. The fraction of sp³-hybridized carbons (Fsp3) is 0.294. The van der Waals surface area contributed by atoms with E-state index in [1.807, 2.05) is 11.0 Å². The Hall–Kier alpha value is -1.68. The standard InChI is InChI=1S/C17H19BrN2O/c1-3-8-20(12-14-6-4-13(2)5-7-14)17(21)15-9-16(18)11-19-10-15/h4-7,9-11H,3,8,12H2,1-2H3. The summed E-state index contributed by atoms with van der Waals surface area (Å²) >= 11 is 3.36. The zero-order valence-electron chi connectivity index (χ0n) is 12.3. The number of amides is 1. The maximum Gasteiger partial charge on any atom is 0.255 e. The molecule has 0 radical (unpaired) electrons. The number of aromatic nitrogens is 1. The van der Waals surface area contributed by atoms with Gasteiger partial charge < -0.3 is 4.90 Å². The summed E-state index contributed by atoms with van der Waals surface area (Å²) in [5.74, 6) is 0.0197. The Bertz CT molecular complexity index is 610. The van der Waals surface area contributed by atoms with Gasteiger partial charge in [-0.3, -0.25) is 9.78 Å². The Balaban J connectivity index is 2.18. The molecule has 110 valence electrons. The van der Waals surface area contributed by atoms with E-state index < -0.39 is 0 Å². The first-order valence-corrected chi connectivity index (χ1v) is 7.85. The van der Waals surface area contributed by atoms with Crippen molar-refractivity contribution in [3.8, 4) is 0 Å². The fourth-order valence-corrected chi connectivity index (χ4v) is 2.51. The van der Waals surface area contributed by atoms with E-state index in [9.17, 15) is 4.79 Å². The molecule has 0 unspecified atom stereocenters. The number of hydrogen-bond donors (Lipinski definition) is 0. The van der Waals surface area contributed by atoms with Gasteiger partial charge in [0.15, 0.2) is 0 Å². The van der Waals surface area contributed by atoms with E-state index in [0.29, 0.717) is 12.1 Å². The monoisotopic (exact) mass is 346 g/mol. The SMILES string of the molecule is CCCN(Cc1ccc(C)cc1)C(=O)c1cncc(Br)c1. The van der Waals surface area contributed by atoms with E-state index in [1.165, 1.54) is 5.56 Å². The van der Waals surface area contributed by atoms with E-state index in [2.05, 4.69) is 59.0 Å². The zero-order chi connectivity index (χ0) is 15.2. The van der Waals surface area contributed by atoms with Crippen molar-refractivity contribution < 1.29 is 4.79 Å². The molecule has 1 heterocycles. The summed E-state index contributed by atoms with van der Waals surface area (Å²) < 4.78 is 0.820. The highest BCUT2D eigenvalue weighted by molar-refractivity contribution is 9.10. The zero-order valence-corrected chi connectivity index (χ0v) is 13.9. The van der Waals surface area contributed by atoms with Crippen molar-refractivity contribution in [2.45, 2.75) is 26.8 Å². The second-order valence-corrected chi connectivity index (χ2v) is 6.02. The van der Waals surface area contributed by atoms with Gasteiger partial charge in [0.25, 0.3) is 5.91 Å². The highest BCUT2D eigenvalue weighted by Gasteiger charge is 2.16. The average molecular weight is 347 g/mol. The molecule has 0 aliphatic heterocycles. The number of benzene rings is 1. The lowest BCUT2D eigenvalue weighted by Gasteiger charge is -2.22. The summed E-state index contributed by atoms with van der Waals surface area (Å²) in [5.41, 5.74) is 2.98. The number of halogens is 1. The van der Waals surface area contributed by atoms with Gasteiger partial charge in [0.05, 0.1) is 5.56 Å². The molecule has 0 N–H and O–H groups in total. The second kappa shape index (κ2) is 7.36. The summed E-state index contributed by atoms with van der Waals surface area (Å²) in [7, 11) is 0. The molecule has 0 spiro atoms. The predicted molar refractivity (Wildman–Crippen MR) is 88.1 cm³/mol. The number of nitrogens with zero attached hydrogens (tertiary/aromatic N) is 2. The minimum Gasteiger partial charge on any atom is -0.334 e. The van der Waals surface area contributed by atoms with E-state index in [1.54, 1.807) is 12.4 Å². The highest BCUT2D eigenvalue weighted by atomic mass is 79.9. The third kappa shape index (κ3) is 4.39. The smallest absolute Gasteiger partial charge is 0.255 e. The quantitative estimate of drug-likeness (QED) is 0.812. The number of rotatable bonds is 5. The van der Waals surface area contributed by atoms with Crippen molar-refractivity contribution in [2.75, 3.05) is 6.54 Å². The molecule has 1 amide bonds. The molecule has 0 bridgehead atoms. The van der Waals surface area contributed by atoms with Crippen LogP contribution in [0.15, 0.2) is 47.2 Å². The van der Waals surface area contributed by atoms with Crippen LogP contribution in [-0.4, -0.2) is 22.3 Å². The Morgan fingerprint density at radius 3 is 2.57 bits per heavy atom. The van der Waals surface area contributed by atoms with E-state index >= 15 is 0 Å². The lowest BCUT2D eigenvalue weighted by atomic mass is 10.1. The number of aryl methyl sites for hydroxylation is 1. The third-order valence-corrected chi connectivity index (χ3v) is 3.66. The van der Waals surface area contributed by atoms with Gasteiger partial charge in [-0.1, -0.05) is 36.8 Å². The fourth-order valence-electron chi connectivity index (χ4n) is 2.15. The van der Waals surface area contributed by atoms with Crippen LogP contribution < -0.4 is 0 Å². The second-order valence-electron chi connectivity index (χ2n) is 5.10. The van der Waals surface area contributed by atoms with Crippen molar-refractivity contribution in [3.05, 3.63) is 63.9 Å². The number of pyridine rings is 1. The normalized spacial score (nSPS) is 10.4. The van der Waals surface area contributed by atoms with Crippen molar-refractivity contribution in [2.24, 2.45) is 0 Å². The maximum atomic E-state index is 12.6. The van der Waals surface area contributed by atoms with Crippen LogP contribution in [0.3, 0.4) is 0 Å². The Morgan fingerprint density at radius 1 is 1.24 bits per heavy atom. The van der Waals surface area contributed by atoms with Crippen LogP contribution in [0.25, 0.3) is 0 Å². The molecule has 3 nitrogen and oxygen atoms in total. The van der Waals surface area contributed by atoms with E-state index in [0.717, 1.165) is 23.0 Å². The Morgan fingerprint density at radius 2 is 1.95 bits per heavy atom. The van der Waals surface area contributed by atoms with Crippen LogP contribution in [0, 0.1) is 6.92 Å². The van der Waals surface area contributed by atoms with Gasteiger partial charge >= 0.3 is 0 Å². The molecular weight excluding hydrogens is 328 g/mol. The molecule has 2 rings (SSSR count). The summed E-state index contributed by atoms with van der Waals surface area (Å²) in [6.45, 7) is 5.50. The number of carbonyl (C=O) groups excluding carboxylic acids is 1. The van der Waals surface area contributed by atoms with Crippen LogP contribution >= 0.6 is 15.9 Å². The summed E-state index contributed by atoms with van der Waals surface area (Å²) in [6, 6.07) is 10.1. The van der Waals surface area contributed by atoms with Crippen LogP contribution in [-0.2, 0) is 6.54 Å². The van der Waals surface area contributed by atoms with Crippen molar-refractivity contribution in [1.82, 2.24) is 9.88 Å². The minimum absolute atomic E-state index is 0.0197. The molecule has 0 fully saturated rings. The van der Waals surface area contributed by atoms with Crippen molar-refractivity contribution >= 4 is 21.8 Å². The molecule has 21 heavy (non-hydrogen) atoms. The molecule has 0 atom stereocenters. The van der Waals surface area contributed by atoms with Crippen LogP contribution in [0.2, 0.25) is 0 Å². The minimum atomic E-state index is 0.0197. The summed E-state index contributed by atoms with van der Waals surface area (Å²) in [4.78, 5) is 18.6. The van der Waals surface area contributed by atoms with E-state index in [-0.39, 0.29) is 5.91 Å². The number of carbonyl (C=O) groups is 1. The van der Waals surface area contributed by atoms with Gasteiger partial charge in [-0.15, -0.1) is 0 Å². The molecular formula is C17H19BrN2O. The van der Waals surface area contributed by atoms with E-state index in [4.69, 9.17) is 0 Å². The molecule has 4 heteroatoms. The third-order valence-electron chi connectivity index (χ3n) is 3.23. The molecule has 0 saturated heterocycles. The van der Waals surface area contributed by atoms with Gasteiger partial charge in [0.2, 0.25) is 0 Å². The van der Waals surface area contributed by atoms with Crippen LogP contribution in [0.1, 0.15) is 34.8 Å². The Kier molecular flexibility index (Phi) is 5.51. The highest BCUT2D eigenvalue weighted by Crippen LogP contribution is 2.14. The number of hydrogen-bond acceptors (Lipinski definition) is 2. The summed E-state index contributed by atoms with van der Waals surface area (Å²) in [5, 5.41) is 0. The van der Waals surface area contributed by atoms with Gasteiger partial charge in [-0.25, -0.2) is 0 Å². The largest absolute Gasteiger partial charge is 0.334 e. The first-order chi connectivity index (χ1) is 10.1. The molecule has 0 aliphatic carbocycles. The molecule has 1 aromatic heterocycles. The van der Waals surface area contributed by atoms with Gasteiger partial charge in [0.1, 0.15) is 0 Å². The topological polar surface area (TPSA) is 33.2 Å². The Labute approximate surface area is 134 Å². The molecule has 1 aromatic carbocycles. The van der Waals surface area contributed by atoms with Gasteiger partial charge in [-0.05, 0) is 40.9 Å². The lowest BCUT2D eigenvalue weighted by Crippen LogP contribution is -2.31. The first kappa shape index (κ1) is 15.7. The van der Waals surface area contributed by atoms with Crippen molar-refractivity contribution in [1.29, 1.82) is 0 Å². The van der Waals surface area contributed by atoms with Crippen molar-refractivity contribution in [3.63, 3.8) is 0 Å². The molecule has 0 saturated carbocycles. The predicted octanol–water partition coefficient (Wildman–Crippen LogP) is 4.20. The molecule has 0 aliphatic rings. The van der Waals surface area contributed by atoms with Crippen LogP contribution in [0.5, 0.6) is 0 Å². The van der Waals surface area contributed by atoms with Crippen LogP contribution in [0.4, 0.5) is 0 Å². The maximum absolute atomic E-state index is 12.6. The van der Waals surface area contributed by atoms with Gasteiger partial charge in [-0.2, -0.15) is 0 Å². The lowest BCUT2D eigenvalue weighted by molar-refractivity contribution is 0.0742.